The summed E-state index contributed by atoms with van der Waals surface area (Å²) in [6.45, 7) is 0.315. The van der Waals surface area contributed by atoms with Crippen LogP contribution in [0.15, 0.2) is 28.8 Å². The van der Waals surface area contributed by atoms with E-state index in [2.05, 4.69) is 15.5 Å². The fourth-order valence-electron chi connectivity index (χ4n) is 2.46. The molecule has 2 aromatic rings. The number of nitrogens with zero attached hydrogens (tertiary/aromatic N) is 3. The maximum absolute atomic E-state index is 12.0. The van der Waals surface area contributed by atoms with Crippen LogP contribution in [0.1, 0.15) is 41.3 Å². The molecule has 9 nitrogen and oxygen atoms in total. The second-order valence-corrected chi connectivity index (χ2v) is 5.83. The fraction of sp³-hybridized carbons (Fsp3) is 0.400. The molecule has 10 heteroatoms. The molecular formula is C15H18ClN5O4. The average molecular weight is 368 g/mol. The van der Waals surface area contributed by atoms with E-state index in [9.17, 15) is 14.9 Å². The van der Waals surface area contributed by atoms with E-state index >= 15 is 0 Å². The smallest absolute Gasteiger partial charge is 0.269 e. The molecule has 0 saturated heterocycles. The molecule has 0 atom stereocenters. The number of nitrogens with one attached hydrogen (secondary N) is 1. The van der Waals surface area contributed by atoms with Crippen LogP contribution in [0.25, 0.3) is 0 Å². The monoisotopic (exact) mass is 367 g/mol. The summed E-state index contributed by atoms with van der Waals surface area (Å²) < 4.78 is 5.15. The summed E-state index contributed by atoms with van der Waals surface area (Å²) >= 11 is 0. The van der Waals surface area contributed by atoms with E-state index < -0.39 is 10.5 Å². The molecule has 1 amide bonds. The van der Waals surface area contributed by atoms with Gasteiger partial charge < -0.3 is 15.6 Å². The molecule has 1 fully saturated rings. The Balaban J connectivity index is 0.00000225. The number of nitro benzene ring substituents is 1. The third-order valence-corrected chi connectivity index (χ3v) is 4.12. The van der Waals surface area contributed by atoms with Gasteiger partial charge in [0.1, 0.15) is 0 Å². The second-order valence-electron chi connectivity index (χ2n) is 5.83. The van der Waals surface area contributed by atoms with Gasteiger partial charge in [-0.2, -0.15) is 4.98 Å². The normalized spacial score (nSPS) is 14.9. The fourth-order valence-corrected chi connectivity index (χ4v) is 2.46. The molecule has 1 heterocycles. The molecule has 1 aromatic heterocycles. The van der Waals surface area contributed by atoms with Crippen molar-refractivity contribution >= 4 is 24.0 Å². The van der Waals surface area contributed by atoms with Crippen molar-refractivity contribution in [2.24, 2.45) is 5.73 Å². The lowest BCUT2D eigenvalue weighted by atomic mass is 9.77. The Bertz CT molecular complexity index is 758. The number of hydrogen-bond donors (Lipinski definition) is 2. The van der Waals surface area contributed by atoms with Gasteiger partial charge in [0.25, 0.3) is 11.6 Å². The number of benzene rings is 1. The minimum atomic E-state index is -0.513. The third kappa shape index (κ3) is 4.12. The van der Waals surface area contributed by atoms with E-state index in [0.717, 1.165) is 19.3 Å². The maximum atomic E-state index is 12.0. The first kappa shape index (κ1) is 18.8. The molecule has 25 heavy (non-hydrogen) atoms. The van der Waals surface area contributed by atoms with Crippen molar-refractivity contribution in [1.82, 2.24) is 15.5 Å². The van der Waals surface area contributed by atoms with Crippen LogP contribution >= 0.6 is 12.4 Å². The number of non-ortho nitro benzene ring substituents is 1. The molecule has 1 saturated carbocycles. The van der Waals surface area contributed by atoms with E-state index in [1.165, 1.54) is 24.3 Å². The van der Waals surface area contributed by atoms with Gasteiger partial charge in [-0.25, -0.2) is 0 Å². The van der Waals surface area contributed by atoms with Crippen molar-refractivity contribution in [1.29, 1.82) is 0 Å². The van der Waals surface area contributed by atoms with Gasteiger partial charge in [-0.3, -0.25) is 14.9 Å². The molecular weight excluding hydrogens is 350 g/mol. The summed E-state index contributed by atoms with van der Waals surface area (Å²) in [6.07, 6.45) is 3.15. The lowest BCUT2D eigenvalue weighted by Gasteiger charge is -2.34. The van der Waals surface area contributed by atoms with Gasteiger partial charge in [-0.1, -0.05) is 5.16 Å². The molecule has 0 spiro atoms. The molecule has 0 unspecified atom stereocenters. The number of aromatic nitrogens is 2. The Kier molecular flexibility index (Phi) is 5.70. The van der Waals surface area contributed by atoms with E-state index in [4.69, 9.17) is 10.3 Å². The van der Waals surface area contributed by atoms with Crippen LogP contribution in [0.3, 0.4) is 0 Å². The predicted molar refractivity (Wildman–Crippen MR) is 90.4 cm³/mol. The Labute approximate surface area is 149 Å². The highest BCUT2D eigenvalue weighted by Crippen LogP contribution is 2.36. The molecule has 3 N–H and O–H groups in total. The SMILES string of the molecule is Cl.NC1(c2noc(CCNC(=O)c3ccc([N+](=O)[O-])cc3)n2)CCC1. The summed E-state index contributed by atoms with van der Waals surface area (Å²) in [4.78, 5) is 26.3. The Hall–Kier alpha value is -2.52. The standard InChI is InChI=1S/C15H17N5O4.ClH/c16-15(7-1-8-15)14-18-12(24-19-14)6-9-17-13(21)10-2-4-11(5-3-10)20(22)23;/h2-5H,1,6-9,16H2,(H,17,21);1H. The highest BCUT2D eigenvalue weighted by molar-refractivity contribution is 5.94. The molecule has 0 bridgehead atoms. The second kappa shape index (κ2) is 7.58. The van der Waals surface area contributed by atoms with Crippen molar-refractivity contribution in [2.45, 2.75) is 31.2 Å². The summed E-state index contributed by atoms with van der Waals surface area (Å²) in [7, 11) is 0. The minimum absolute atomic E-state index is 0. The van der Waals surface area contributed by atoms with Gasteiger partial charge in [-0.05, 0) is 31.4 Å². The van der Waals surface area contributed by atoms with Crippen molar-refractivity contribution < 1.29 is 14.2 Å². The average Bonchev–Trinajstić information content (AvgIpc) is 3.01. The number of carbonyl (C=O) groups excluding carboxylic acids is 1. The van der Waals surface area contributed by atoms with Gasteiger partial charge in [-0.15, -0.1) is 12.4 Å². The number of halogens is 1. The number of carbonyl (C=O) groups is 1. The molecule has 134 valence electrons. The highest BCUT2D eigenvalue weighted by Gasteiger charge is 2.38. The van der Waals surface area contributed by atoms with Crippen LogP contribution < -0.4 is 11.1 Å². The minimum Gasteiger partial charge on any atom is -0.352 e. The zero-order chi connectivity index (χ0) is 17.2. The molecule has 1 aliphatic rings. The maximum Gasteiger partial charge on any atom is 0.269 e. The summed E-state index contributed by atoms with van der Waals surface area (Å²) in [6, 6.07) is 5.40. The van der Waals surface area contributed by atoms with Crippen LogP contribution in [0, 0.1) is 10.1 Å². The zero-order valence-electron chi connectivity index (χ0n) is 13.3. The van der Waals surface area contributed by atoms with Crippen molar-refractivity contribution in [3.05, 3.63) is 51.7 Å². The van der Waals surface area contributed by atoms with Crippen molar-refractivity contribution in [2.75, 3.05) is 6.54 Å². The van der Waals surface area contributed by atoms with E-state index in [1.54, 1.807) is 0 Å². The topological polar surface area (TPSA) is 137 Å². The number of amides is 1. The number of nitrogens with two attached hydrogens (primary N) is 1. The van der Waals surface area contributed by atoms with Crippen LogP contribution in [0.5, 0.6) is 0 Å². The van der Waals surface area contributed by atoms with Crippen LogP contribution in [0.4, 0.5) is 5.69 Å². The third-order valence-electron chi connectivity index (χ3n) is 4.12. The van der Waals surface area contributed by atoms with E-state index in [1.807, 2.05) is 0 Å². The molecule has 0 radical (unpaired) electrons. The first-order valence-corrected chi connectivity index (χ1v) is 7.62. The van der Waals surface area contributed by atoms with Gasteiger partial charge >= 0.3 is 0 Å². The van der Waals surface area contributed by atoms with Gasteiger partial charge in [0.2, 0.25) is 5.89 Å². The van der Waals surface area contributed by atoms with Crippen LogP contribution in [0.2, 0.25) is 0 Å². The molecule has 3 rings (SSSR count). The highest BCUT2D eigenvalue weighted by atomic mass is 35.5. The zero-order valence-corrected chi connectivity index (χ0v) is 14.1. The Morgan fingerprint density at radius 1 is 1.36 bits per heavy atom. The largest absolute Gasteiger partial charge is 0.352 e. The van der Waals surface area contributed by atoms with Gasteiger partial charge in [0.15, 0.2) is 5.82 Å². The first-order chi connectivity index (χ1) is 11.5. The lowest BCUT2D eigenvalue weighted by Crippen LogP contribution is -2.44. The Morgan fingerprint density at radius 2 is 2.04 bits per heavy atom. The number of nitro groups is 1. The van der Waals surface area contributed by atoms with Gasteiger partial charge in [0.05, 0.1) is 10.5 Å². The summed E-state index contributed by atoms with van der Waals surface area (Å²) in [5.41, 5.74) is 5.94. The molecule has 1 aliphatic carbocycles. The number of hydrogen-bond acceptors (Lipinski definition) is 7. The quantitative estimate of drug-likeness (QED) is 0.585. The molecule has 0 aliphatic heterocycles. The predicted octanol–water partition coefficient (Wildman–Crippen LogP) is 1.71. The Morgan fingerprint density at radius 3 is 2.60 bits per heavy atom. The lowest BCUT2D eigenvalue weighted by molar-refractivity contribution is -0.384. The van der Waals surface area contributed by atoms with Crippen LogP contribution in [-0.4, -0.2) is 27.5 Å². The van der Waals surface area contributed by atoms with Crippen LogP contribution in [-0.2, 0) is 12.0 Å². The molecule has 1 aromatic carbocycles. The number of rotatable bonds is 6. The first-order valence-electron chi connectivity index (χ1n) is 7.62. The van der Waals surface area contributed by atoms with Gasteiger partial charge in [0, 0.05) is 30.7 Å². The summed E-state index contributed by atoms with van der Waals surface area (Å²) in [5, 5.41) is 17.2. The van der Waals surface area contributed by atoms with E-state index in [-0.39, 0.29) is 24.0 Å². The van der Waals surface area contributed by atoms with Crippen molar-refractivity contribution in [3.8, 4) is 0 Å². The summed E-state index contributed by atoms with van der Waals surface area (Å²) in [5.74, 6) is 0.620. The van der Waals surface area contributed by atoms with Crippen molar-refractivity contribution in [3.63, 3.8) is 0 Å². The van der Waals surface area contributed by atoms with E-state index in [0.29, 0.717) is 30.2 Å².